The molecule has 0 radical (unpaired) electrons. The summed E-state index contributed by atoms with van der Waals surface area (Å²) >= 11 is 5.93. The Kier molecular flexibility index (Phi) is 3.01. The van der Waals surface area contributed by atoms with Crippen LogP contribution in [0.25, 0.3) is 0 Å². The smallest absolute Gasteiger partial charge is 0.0966 e. The monoisotopic (exact) mass is 225 g/mol. The Balaban J connectivity index is 2.16. The van der Waals surface area contributed by atoms with Crippen molar-refractivity contribution in [2.45, 2.75) is 18.9 Å². The van der Waals surface area contributed by atoms with Gasteiger partial charge in [-0.3, -0.25) is 0 Å². The highest BCUT2D eigenvalue weighted by molar-refractivity contribution is 6.30. The van der Waals surface area contributed by atoms with Crippen molar-refractivity contribution in [2.75, 3.05) is 20.2 Å². The number of nitrogens with one attached hydrogen (secondary N) is 1. The second-order valence-electron chi connectivity index (χ2n) is 4.24. The normalized spacial score (nSPS) is 18.6. The predicted molar refractivity (Wildman–Crippen MR) is 62.5 cm³/mol. The van der Waals surface area contributed by atoms with E-state index in [0.717, 1.165) is 24.5 Å². The van der Waals surface area contributed by atoms with Crippen molar-refractivity contribution in [3.8, 4) is 0 Å². The van der Waals surface area contributed by atoms with Crippen LogP contribution in [-0.2, 0) is 11.2 Å². The van der Waals surface area contributed by atoms with Gasteiger partial charge in [0.1, 0.15) is 0 Å². The SMILES string of the molecule is COC1(Cc2ccc(Cl)cc2C)CNC1. The number of benzene rings is 1. The first kappa shape index (κ1) is 10.9. The maximum absolute atomic E-state index is 5.93. The van der Waals surface area contributed by atoms with E-state index in [2.05, 4.69) is 18.3 Å². The molecule has 0 aromatic heterocycles. The summed E-state index contributed by atoms with van der Waals surface area (Å²) in [4.78, 5) is 0. The van der Waals surface area contributed by atoms with E-state index >= 15 is 0 Å². The lowest BCUT2D eigenvalue weighted by atomic mass is 9.87. The maximum Gasteiger partial charge on any atom is 0.0966 e. The minimum absolute atomic E-state index is 0.00140. The van der Waals surface area contributed by atoms with Gasteiger partial charge in [0.15, 0.2) is 0 Å². The summed E-state index contributed by atoms with van der Waals surface area (Å²) in [6.45, 7) is 3.97. The molecule has 0 atom stereocenters. The second kappa shape index (κ2) is 4.12. The van der Waals surface area contributed by atoms with Gasteiger partial charge in [-0.15, -0.1) is 0 Å². The number of ether oxygens (including phenoxy) is 1. The molecule has 1 aliphatic rings. The lowest BCUT2D eigenvalue weighted by Crippen LogP contribution is -2.61. The highest BCUT2D eigenvalue weighted by Gasteiger charge is 2.37. The van der Waals surface area contributed by atoms with E-state index in [4.69, 9.17) is 16.3 Å². The van der Waals surface area contributed by atoms with Crippen LogP contribution in [0.1, 0.15) is 11.1 Å². The van der Waals surface area contributed by atoms with Gasteiger partial charge in [-0.1, -0.05) is 17.7 Å². The van der Waals surface area contributed by atoms with Crippen LogP contribution >= 0.6 is 11.6 Å². The van der Waals surface area contributed by atoms with E-state index < -0.39 is 0 Å². The molecule has 0 spiro atoms. The van der Waals surface area contributed by atoms with Crippen molar-refractivity contribution in [3.05, 3.63) is 34.3 Å². The standard InChI is InChI=1S/C12H16ClNO/c1-9-5-11(13)4-3-10(9)6-12(15-2)7-14-8-12/h3-5,14H,6-8H2,1-2H3. The molecule has 0 saturated carbocycles. The van der Waals surface area contributed by atoms with Crippen LogP contribution in [0.4, 0.5) is 0 Å². The van der Waals surface area contributed by atoms with Crippen molar-refractivity contribution in [1.29, 1.82) is 0 Å². The van der Waals surface area contributed by atoms with Gasteiger partial charge in [-0.05, 0) is 30.2 Å². The Morgan fingerprint density at radius 1 is 1.47 bits per heavy atom. The average molecular weight is 226 g/mol. The zero-order chi connectivity index (χ0) is 10.9. The number of methoxy groups -OCH3 is 1. The van der Waals surface area contributed by atoms with Crippen molar-refractivity contribution in [3.63, 3.8) is 0 Å². The molecule has 0 amide bonds. The number of aryl methyl sites for hydroxylation is 1. The molecule has 1 aromatic carbocycles. The molecule has 1 aromatic rings. The maximum atomic E-state index is 5.93. The quantitative estimate of drug-likeness (QED) is 0.852. The second-order valence-corrected chi connectivity index (χ2v) is 4.67. The first-order valence-corrected chi connectivity index (χ1v) is 5.54. The fourth-order valence-electron chi connectivity index (χ4n) is 1.95. The molecule has 1 aliphatic heterocycles. The van der Waals surface area contributed by atoms with Gasteiger partial charge in [0.2, 0.25) is 0 Å². The van der Waals surface area contributed by atoms with Crippen molar-refractivity contribution < 1.29 is 4.74 Å². The van der Waals surface area contributed by atoms with Crippen LogP contribution < -0.4 is 5.32 Å². The first-order valence-electron chi connectivity index (χ1n) is 5.16. The molecule has 1 heterocycles. The minimum atomic E-state index is -0.00140. The summed E-state index contributed by atoms with van der Waals surface area (Å²) in [6, 6.07) is 6.04. The Hall–Kier alpha value is -0.570. The van der Waals surface area contributed by atoms with Gasteiger partial charge in [0.05, 0.1) is 5.60 Å². The third-order valence-electron chi connectivity index (χ3n) is 3.14. The van der Waals surface area contributed by atoms with Crippen LogP contribution in [0, 0.1) is 6.92 Å². The van der Waals surface area contributed by atoms with E-state index in [1.807, 2.05) is 12.1 Å². The molecule has 2 nitrogen and oxygen atoms in total. The van der Waals surface area contributed by atoms with Gasteiger partial charge < -0.3 is 10.1 Å². The van der Waals surface area contributed by atoms with Gasteiger partial charge in [0, 0.05) is 31.6 Å². The number of rotatable bonds is 3. The number of hydrogen-bond acceptors (Lipinski definition) is 2. The average Bonchev–Trinajstić information content (AvgIpc) is 2.14. The van der Waals surface area contributed by atoms with E-state index in [0.29, 0.717) is 0 Å². The molecular weight excluding hydrogens is 210 g/mol. The van der Waals surface area contributed by atoms with Gasteiger partial charge in [-0.25, -0.2) is 0 Å². The summed E-state index contributed by atoms with van der Waals surface area (Å²) in [5.41, 5.74) is 2.56. The molecule has 1 N–H and O–H groups in total. The number of hydrogen-bond donors (Lipinski definition) is 1. The minimum Gasteiger partial charge on any atom is -0.375 e. The summed E-state index contributed by atoms with van der Waals surface area (Å²) in [5, 5.41) is 4.05. The fourth-order valence-corrected chi connectivity index (χ4v) is 2.18. The lowest BCUT2D eigenvalue weighted by molar-refractivity contribution is -0.0503. The van der Waals surface area contributed by atoms with Crippen LogP contribution in [0.2, 0.25) is 5.02 Å². The largest absolute Gasteiger partial charge is 0.375 e. The predicted octanol–water partition coefficient (Wildman–Crippen LogP) is 2.18. The zero-order valence-corrected chi connectivity index (χ0v) is 9.90. The summed E-state index contributed by atoms with van der Waals surface area (Å²) < 4.78 is 5.57. The molecule has 3 heteroatoms. The molecule has 0 bridgehead atoms. The van der Waals surface area contributed by atoms with Crippen LogP contribution in [0.15, 0.2) is 18.2 Å². The third kappa shape index (κ3) is 2.17. The molecule has 2 rings (SSSR count). The van der Waals surface area contributed by atoms with Crippen molar-refractivity contribution in [2.24, 2.45) is 0 Å². The highest BCUT2D eigenvalue weighted by Crippen LogP contribution is 2.25. The molecule has 0 unspecified atom stereocenters. The lowest BCUT2D eigenvalue weighted by Gasteiger charge is -2.41. The highest BCUT2D eigenvalue weighted by atomic mass is 35.5. The number of halogens is 1. The fraction of sp³-hybridized carbons (Fsp3) is 0.500. The Morgan fingerprint density at radius 3 is 2.67 bits per heavy atom. The molecule has 82 valence electrons. The first-order chi connectivity index (χ1) is 7.15. The third-order valence-corrected chi connectivity index (χ3v) is 3.38. The Morgan fingerprint density at radius 2 is 2.20 bits per heavy atom. The van der Waals surface area contributed by atoms with Gasteiger partial charge >= 0.3 is 0 Å². The zero-order valence-electron chi connectivity index (χ0n) is 9.14. The van der Waals surface area contributed by atoms with E-state index in [1.165, 1.54) is 11.1 Å². The van der Waals surface area contributed by atoms with Crippen molar-refractivity contribution in [1.82, 2.24) is 5.32 Å². The molecular formula is C12H16ClNO. The van der Waals surface area contributed by atoms with E-state index in [-0.39, 0.29) is 5.60 Å². The Bertz CT molecular complexity index is 355. The van der Waals surface area contributed by atoms with E-state index in [1.54, 1.807) is 7.11 Å². The molecule has 1 saturated heterocycles. The van der Waals surface area contributed by atoms with Crippen LogP contribution in [-0.4, -0.2) is 25.8 Å². The molecule has 15 heavy (non-hydrogen) atoms. The van der Waals surface area contributed by atoms with Crippen LogP contribution in [0.3, 0.4) is 0 Å². The van der Waals surface area contributed by atoms with E-state index in [9.17, 15) is 0 Å². The topological polar surface area (TPSA) is 21.3 Å². The summed E-state index contributed by atoms with van der Waals surface area (Å²) in [6.07, 6.45) is 0.958. The van der Waals surface area contributed by atoms with Crippen LogP contribution in [0.5, 0.6) is 0 Å². The summed E-state index contributed by atoms with van der Waals surface area (Å²) in [5.74, 6) is 0. The van der Waals surface area contributed by atoms with Crippen molar-refractivity contribution >= 4 is 11.6 Å². The summed E-state index contributed by atoms with van der Waals surface area (Å²) in [7, 11) is 1.78. The molecule has 0 aliphatic carbocycles. The van der Waals surface area contributed by atoms with Gasteiger partial charge in [-0.2, -0.15) is 0 Å². The Labute approximate surface area is 95.6 Å². The van der Waals surface area contributed by atoms with Gasteiger partial charge in [0.25, 0.3) is 0 Å². The molecule has 1 fully saturated rings.